The maximum atomic E-state index is 4.44. The number of piperidine rings is 1. The summed E-state index contributed by atoms with van der Waals surface area (Å²) in [5.74, 6) is 2.53. The minimum atomic E-state index is 0.497. The molecule has 4 nitrogen and oxygen atoms in total. The number of aliphatic imine (C=N–C) groups is 1. The van der Waals surface area contributed by atoms with Gasteiger partial charge in [0.15, 0.2) is 5.96 Å². The Balaban J connectivity index is 1.77. The van der Waals surface area contributed by atoms with Crippen molar-refractivity contribution in [2.24, 2.45) is 22.2 Å². The van der Waals surface area contributed by atoms with E-state index in [1.165, 1.54) is 58.0 Å². The van der Waals surface area contributed by atoms with Gasteiger partial charge in [0, 0.05) is 26.7 Å². The second-order valence-electron chi connectivity index (χ2n) is 8.38. The number of likely N-dealkylation sites (tertiary alicyclic amines) is 1. The van der Waals surface area contributed by atoms with Gasteiger partial charge in [-0.05, 0) is 62.9 Å². The van der Waals surface area contributed by atoms with Gasteiger partial charge in [-0.15, -0.1) is 0 Å². The fourth-order valence-electron chi connectivity index (χ4n) is 4.62. The number of rotatable bonds is 6. The third-order valence-corrected chi connectivity index (χ3v) is 5.64. The molecule has 1 atom stereocenters. The van der Waals surface area contributed by atoms with Crippen LogP contribution < -0.4 is 10.6 Å². The first-order chi connectivity index (χ1) is 11.0. The van der Waals surface area contributed by atoms with E-state index in [1.807, 2.05) is 7.05 Å². The molecule has 1 aliphatic heterocycles. The van der Waals surface area contributed by atoms with Gasteiger partial charge in [-0.2, -0.15) is 0 Å². The minimum Gasteiger partial charge on any atom is -0.356 e. The van der Waals surface area contributed by atoms with Crippen LogP contribution in [0.25, 0.3) is 0 Å². The smallest absolute Gasteiger partial charge is 0.191 e. The Morgan fingerprint density at radius 2 is 1.96 bits per heavy atom. The van der Waals surface area contributed by atoms with Crippen LogP contribution in [-0.4, -0.2) is 51.1 Å². The lowest BCUT2D eigenvalue weighted by molar-refractivity contribution is 0.210. The van der Waals surface area contributed by atoms with Crippen molar-refractivity contribution in [3.63, 3.8) is 0 Å². The number of hydrogen-bond donors (Lipinski definition) is 2. The number of nitrogens with zero attached hydrogens (tertiary/aromatic N) is 2. The minimum absolute atomic E-state index is 0.497. The van der Waals surface area contributed by atoms with Crippen molar-refractivity contribution in [3.05, 3.63) is 0 Å². The van der Waals surface area contributed by atoms with Gasteiger partial charge in [-0.3, -0.25) is 4.99 Å². The molecular weight excluding hydrogens is 284 g/mol. The van der Waals surface area contributed by atoms with E-state index in [4.69, 9.17) is 0 Å². The third-order valence-electron chi connectivity index (χ3n) is 5.64. The molecule has 1 saturated carbocycles. The lowest BCUT2D eigenvalue weighted by Gasteiger charge is -2.33. The quantitative estimate of drug-likeness (QED) is 0.583. The molecule has 1 saturated heterocycles. The van der Waals surface area contributed by atoms with Crippen LogP contribution in [0.15, 0.2) is 4.99 Å². The summed E-state index contributed by atoms with van der Waals surface area (Å²) < 4.78 is 0. The molecule has 0 radical (unpaired) electrons. The summed E-state index contributed by atoms with van der Waals surface area (Å²) in [6, 6.07) is 0. The largest absolute Gasteiger partial charge is 0.356 e. The van der Waals surface area contributed by atoms with Gasteiger partial charge < -0.3 is 15.5 Å². The zero-order valence-corrected chi connectivity index (χ0v) is 15.8. The van der Waals surface area contributed by atoms with Gasteiger partial charge in [-0.1, -0.05) is 26.7 Å². The molecule has 2 aliphatic rings. The highest BCUT2D eigenvalue weighted by Gasteiger charge is 2.34. The molecule has 0 aromatic rings. The lowest BCUT2D eigenvalue weighted by Crippen LogP contribution is -2.46. The number of nitrogens with one attached hydrogen (secondary N) is 2. The molecule has 23 heavy (non-hydrogen) atoms. The standard InChI is InChI=1S/C19H38N4/c1-16(2)12-19(9-5-6-10-19)15-22-18(20-3)21-13-17-8-7-11-23(4)14-17/h16-17H,5-15H2,1-4H3,(H2,20,21,22). The Kier molecular flexibility index (Phi) is 7.19. The summed E-state index contributed by atoms with van der Waals surface area (Å²) in [7, 11) is 4.13. The Labute approximate surface area is 143 Å². The summed E-state index contributed by atoms with van der Waals surface area (Å²) in [6.07, 6.45) is 9.55. The molecule has 0 bridgehead atoms. The van der Waals surface area contributed by atoms with E-state index in [1.54, 1.807) is 0 Å². The van der Waals surface area contributed by atoms with Crippen molar-refractivity contribution >= 4 is 5.96 Å². The molecule has 0 aromatic carbocycles. The predicted molar refractivity (Wildman–Crippen MR) is 99.9 cm³/mol. The van der Waals surface area contributed by atoms with E-state index in [0.717, 1.165) is 30.9 Å². The predicted octanol–water partition coefficient (Wildman–Crippen LogP) is 3.10. The molecule has 2 fully saturated rings. The molecule has 134 valence electrons. The zero-order valence-electron chi connectivity index (χ0n) is 15.8. The Bertz CT molecular complexity index is 372. The van der Waals surface area contributed by atoms with Crippen LogP contribution in [0.1, 0.15) is 58.8 Å². The van der Waals surface area contributed by atoms with Crippen LogP contribution in [0, 0.1) is 17.3 Å². The van der Waals surface area contributed by atoms with E-state index >= 15 is 0 Å². The monoisotopic (exact) mass is 322 g/mol. The fourth-order valence-corrected chi connectivity index (χ4v) is 4.62. The topological polar surface area (TPSA) is 39.7 Å². The van der Waals surface area contributed by atoms with Crippen molar-refractivity contribution in [1.82, 2.24) is 15.5 Å². The molecule has 0 aromatic heterocycles. The molecular formula is C19H38N4. The molecule has 1 unspecified atom stereocenters. The second kappa shape index (κ2) is 8.91. The average Bonchev–Trinajstić information content (AvgIpc) is 2.95. The van der Waals surface area contributed by atoms with Crippen molar-refractivity contribution in [2.75, 3.05) is 40.3 Å². The Hall–Kier alpha value is -0.770. The van der Waals surface area contributed by atoms with E-state index in [2.05, 4.69) is 41.4 Å². The Morgan fingerprint density at radius 1 is 1.22 bits per heavy atom. The van der Waals surface area contributed by atoms with Gasteiger partial charge in [-0.25, -0.2) is 0 Å². The third kappa shape index (κ3) is 5.98. The molecule has 1 aliphatic carbocycles. The fraction of sp³-hybridized carbons (Fsp3) is 0.947. The summed E-state index contributed by atoms with van der Waals surface area (Å²) in [6.45, 7) is 9.29. The van der Waals surface area contributed by atoms with Gasteiger partial charge in [0.2, 0.25) is 0 Å². The van der Waals surface area contributed by atoms with Gasteiger partial charge in [0.05, 0.1) is 0 Å². The summed E-state index contributed by atoms with van der Waals surface area (Å²) in [5.41, 5.74) is 0.497. The summed E-state index contributed by atoms with van der Waals surface area (Å²) in [5, 5.41) is 7.20. The highest BCUT2D eigenvalue weighted by Crippen LogP contribution is 2.42. The first-order valence-electron chi connectivity index (χ1n) is 9.66. The molecule has 2 N–H and O–H groups in total. The van der Waals surface area contributed by atoms with E-state index < -0.39 is 0 Å². The van der Waals surface area contributed by atoms with Crippen LogP contribution in [0.4, 0.5) is 0 Å². The second-order valence-corrected chi connectivity index (χ2v) is 8.38. The van der Waals surface area contributed by atoms with Crippen molar-refractivity contribution < 1.29 is 0 Å². The molecule has 4 heteroatoms. The number of guanidine groups is 1. The maximum Gasteiger partial charge on any atom is 0.191 e. The highest BCUT2D eigenvalue weighted by molar-refractivity contribution is 5.79. The molecule has 0 amide bonds. The van der Waals surface area contributed by atoms with Crippen LogP contribution in [0.3, 0.4) is 0 Å². The highest BCUT2D eigenvalue weighted by atomic mass is 15.2. The molecule has 2 rings (SSSR count). The van der Waals surface area contributed by atoms with Gasteiger partial charge in [0.25, 0.3) is 0 Å². The van der Waals surface area contributed by atoms with Gasteiger partial charge >= 0.3 is 0 Å². The van der Waals surface area contributed by atoms with Gasteiger partial charge in [0.1, 0.15) is 0 Å². The summed E-state index contributed by atoms with van der Waals surface area (Å²) >= 11 is 0. The van der Waals surface area contributed by atoms with Crippen LogP contribution in [-0.2, 0) is 0 Å². The SMILES string of the molecule is CN=C(NCC1CCCN(C)C1)NCC1(CC(C)C)CCCC1. The van der Waals surface area contributed by atoms with E-state index in [9.17, 15) is 0 Å². The zero-order chi connectivity index (χ0) is 16.7. The normalized spacial score (nSPS) is 25.8. The van der Waals surface area contributed by atoms with Crippen molar-refractivity contribution in [2.45, 2.75) is 58.8 Å². The van der Waals surface area contributed by atoms with Crippen LogP contribution >= 0.6 is 0 Å². The first kappa shape index (κ1) is 18.6. The van der Waals surface area contributed by atoms with Crippen molar-refractivity contribution in [3.8, 4) is 0 Å². The first-order valence-corrected chi connectivity index (χ1v) is 9.66. The van der Waals surface area contributed by atoms with Crippen molar-refractivity contribution in [1.29, 1.82) is 0 Å². The molecule has 0 spiro atoms. The average molecular weight is 323 g/mol. The van der Waals surface area contributed by atoms with E-state index in [0.29, 0.717) is 5.41 Å². The van der Waals surface area contributed by atoms with E-state index in [-0.39, 0.29) is 0 Å². The Morgan fingerprint density at radius 3 is 2.57 bits per heavy atom. The maximum absolute atomic E-state index is 4.44. The number of hydrogen-bond acceptors (Lipinski definition) is 2. The summed E-state index contributed by atoms with van der Waals surface area (Å²) in [4.78, 5) is 6.89. The van der Waals surface area contributed by atoms with Crippen LogP contribution in [0.5, 0.6) is 0 Å². The van der Waals surface area contributed by atoms with Crippen LogP contribution in [0.2, 0.25) is 0 Å². The molecule has 1 heterocycles. The lowest BCUT2D eigenvalue weighted by atomic mass is 9.78.